The van der Waals surface area contributed by atoms with Crippen molar-refractivity contribution in [1.82, 2.24) is 10.2 Å². The van der Waals surface area contributed by atoms with Crippen molar-refractivity contribution in [2.75, 3.05) is 18.6 Å². The van der Waals surface area contributed by atoms with Crippen LogP contribution >= 0.6 is 0 Å². The number of anilines is 1. The van der Waals surface area contributed by atoms with Gasteiger partial charge in [-0.2, -0.15) is 0 Å². The lowest BCUT2D eigenvalue weighted by Gasteiger charge is -2.27. The van der Waals surface area contributed by atoms with E-state index in [2.05, 4.69) is 27.2 Å². The van der Waals surface area contributed by atoms with E-state index in [1.807, 2.05) is 6.07 Å². The van der Waals surface area contributed by atoms with Gasteiger partial charge in [0.15, 0.2) is 0 Å². The molecule has 1 aliphatic heterocycles. The third kappa shape index (κ3) is 2.03. The van der Waals surface area contributed by atoms with Gasteiger partial charge in [0.1, 0.15) is 5.75 Å². The van der Waals surface area contributed by atoms with E-state index in [9.17, 15) is 0 Å². The molecule has 2 aromatic rings. The Morgan fingerprint density at radius 2 is 2.15 bits per heavy atom. The largest absolute Gasteiger partial charge is 0.497 e. The van der Waals surface area contributed by atoms with Gasteiger partial charge in [-0.3, -0.25) is 0 Å². The Kier molecular flexibility index (Phi) is 2.65. The highest BCUT2D eigenvalue weighted by Gasteiger charge is 2.30. The molecule has 0 bridgehead atoms. The fraction of sp³-hybridized carbons (Fsp3) is 0.467. The van der Waals surface area contributed by atoms with E-state index in [-0.39, 0.29) is 0 Å². The maximum Gasteiger partial charge on any atom is 0.318 e. The zero-order valence-electron chi connectivity index (χ0n) is 11.5. The van der Waals surface area contributed by atoms with Gasteiger partial charge in [0, 0.05) is 19.0 Å². The number of hydrogen-bond acceptors (Lipinski definition) is 5. The lowest BCUT2D eigenvalue weighted by Crippen LogP contribution is -2.30. The molecule has 1 aliphatic carbocycles. The van der Waals surface area contributed by atoms with Gasteiger partial charge in [0.2, 0.25) is 5.89 Å². The average molecular weight is 271 g/mol. The number of benzene rings is 1. The van der Waals surface area contributed by atoms with Crippen molar-refractivity contribution in [3.05, 3.63) is 35.2 Å². The van der Waals surface area contributed by atoms with Gasteiger partial charge in [-0.1, -0.05) is 11.2 Å². The number of nitrogens with zero attached hydrogens (tertiary/aromatic N) is 3. The second-order valence-corrected chi connectivity index (χ2v) is 5.50. The molecule has 0 amide bonds. The predicted octanol–water partition coefficient (Wildman–Crippen LogP) is 2.52. The molecule has 1 aromatic carbocycles. The molecule has 1 aromatic heterocycles. The molecular weight excluding hydrogens is 254 g/mol. The van der Waals surface area contributed by atoms with Crippen LogP contribution in [-0.4, -0.2) is 23.9 Å². The molecule has 5 heteroatoms. The van der Waals surface area contributed by atoms with Crippen molar-refractivity contribution in [2.24, 2.45) is 0 Å². The van der Waals surface area contributed by atoms with E-state index >= 15 is 0 Å². The van der Waals surface area contributed by atoms with Crippen LogP contribution in [-0.2, 0) is 13.0 Å². The second kappa shape index (κ2) is 4.51. The lowest BCUT2D eigenvalue weighted by atomic mass is 10.00. The molecule has 4 rings (SSSR count). The minimum atomic E-state index is 0.508. The Bertz CT molecular complexity index is 634. The summed E-state index contributed by atoms with van der Waals surface area (Å²) in [6.45, 7) is 1.73. The van der Waals surface area contributed by atoms with Gasteiger partial charge in [-0.25, -0.2) is 0 Å². The summed E-state index contributed by atoms with van der Waals surface area (Å²) in [4.78, 5) is 2.15. The summed E-state index contributed by atoms with van der Waals surface area (Å²) in [6, 6.07) is 6.92. The summed E-state index contributed by atoms with van der Waals surface area (Å²) in [6.07, 6.45) is 3.36. The Labute approximate surface area is 117 Å². The summed E-state index contributed by atoms with van der Waals surface area (Å²) in [7, 11) is 1.70. The summed E-state index contributed by atoms with van der Waals surface area (Å²) < 4.78 is 11.1. The summed E-state index contributed by atoms with van der Waals surface area (Å²) in [5, 5.41) is 8.35. The van der Waals surface area contributed by atoms with Gasteiger partial charge >= 0.3 is 6.01 Å². The molecule has 0 unspecified atom stereocenters. The smallest absolute Gasteiger partial charge is 0.318 e. The molecule has 20 heavy (non-hydrogen) atoms. The molecule has 2 aliphatic rings. The molecular formula is C15H17N3O2. The highest BCUT2D eigenvalue weighted by molar-refractivity contribution is 5.42. The fourth-order valence-corrected chi connectivity index (χ4v) is 2.67. The Hall–Kier alpha value is -2.04. The van der Waals surface area contributed by atoms with Gasteiger partial charge in [-0.05, 0) is 42.5 Å². The van der Waals surface area contributed by atoms with Crippen LogP contribution in [0.25, 0.3) is 0 Å². The highest BCUT2D eigenvalue weighted by Crippen LogP contribution is 2.40. The highest BCUT2D eigenvalue weighted by atomic mass is 16.5. The first-order valence-corrected chi connectivity index (χ1v) is 7.07. The van der Waals surface area contributed by atoms with E-state index in [1.54, 1.807) is 7.11 Å². The predicted molar refractivity (Wildman–Crippen MR) is 74.0 cm³/mol. The van der Waals surface area contributed by atoms with Gasteiger partial charge in [0.25, 0.3) is 0 Å². The van der Waals surface area contributed by atoms with E-state index in [0.717, 1.165) is 31.2 Å². The topological polar surface area (TPSA) is 51.4 Å². The van der Waals surface area contributed by atoms with Gasteiger partial charge in [-0.15, -0.1) is 5.10 Å². The molecule has 1 fully saturated rings. The number of fused-ring (bicyclic) bond motifs is 1. The molecule has 0 atom stereocenters. The SMILES string of the molecule is COc1ccc2c(c1)CN(c1nnc(C3CC3)o1)CC2. The number of hydrogen-bond donors (Lipinski definition) is 0. The van der Waals surface area contributed by atoms with Crippen LogP contribution in [0, 0.1) is 0 Å². The summed E-state index contributed by atoms with van der Waals surface area (Å²) >= 11 is 0. The first kappa shape index (κ1) is 11.8. The molecule has 104 valence electrons. The standard InChI is InChI=1S/C15H17N3O2/c1-19-13-5-4-10-6-7-18(9-12(10)8-13)15-17-16-14(20-15)11-2-3-11/h4-5,8,11H,2-3,6-7,9H2,1H3. The van der Waals surface area contributed by atoms with Crippen molar-refractivity contribution in [1.29, 1.82) is 0 Å². The van der Waals surface area contributed by atoms with Gasteiger partial charge in [0.05, 0.1) is 7.11 Å². The average Bonchev–Trinajstić information content (AvgIpc) is 3.23. The normalized spacial score (nSPS) is 17.9. The molecule has 2 heterocycles. The molecule has 0 spiro atoms. The molecule has 5 nitrogen and oxygen atoms in total. The maximum atomic E-state index is 5.79. The van der Waals surface area contributed by atoms with Crippen LogP contribution in [0.3, 0.4) is 0 Å². The fourth-order valence-electron chi connectivity index (χ4n) is 2.67. The first-order valence-electron chi connectivity index (χ1n) is 7.07. The monoisotopic (exact) mass is 271 g/mol. The van der Waals surface area contributed by atoms with Crippen molar-refractivity contribution in [2.45, 2.75) is 31.7 Å². The molecule has 0 N–H and O–H groups in total. The maximum absolute atomic E-state index is 5.79. The third-order valence-electron chi connectivity index (χ3n) is 4.05. The zero-order chi connectivity index (χ0) is 13.5. The van der Waals surface area contributed by atoms with E-state index < -0.39 is 0 Å². The molecule has 0 saturated heterocycles. The van der Waals surface area contributed by atoms with Crippen LogP contribution in [0.15, 0.2) is 22.6 Å². The number of methoxy groups -OCH3 is 1. The number of ether oxygens (including phenoxy) is 1. The molecule has 1 saturated carbocycles. The van der Waals surface area contributed by atoms with E-state index in [4.69, 9.17) is 9.15 Å². The van der Waals surface area contributed by atoms with Crippen LogP contribution in [0.5, 0.6) is 5.75 Å². The van der Waals surface area contributed by atoms with Crippen LogP contribution < -0.4 is 9.64 Å². The summed E-state index contributed by atoms with van der Waals surface area (Å²) in [5.74, 6) is 2.21. The first-order chi connectivity index (χ1) is 9.83. The van der Waals surface area contributed by atoms with Crippen molar-refractivity contribution in [3.63, 3.8) is 0 Å². The Balaban J connectivity index is 1.58. The zero-order valence-corrected chi connectivity index (χ0v) is 11.5. The van der Waals surface area contributed by atoms with Crippen LogP contribution in [0.1, 0.15) is 35.8 Å². The number of aromatic nitrogens is 2. The van der Waals surface area contributed by atoms with Crippen LogP contribution in [0.2, 0.25) is 0 Å². The van der Waals surface area contributed by atoms with E-state index in [1.165, 1.54) is 24.0 Å². The lowest BCUT2D eigenvalue weighted by molar-refractivity contribution is 0.413. The van der Waals surface area contributed by atoms with Crippen molar-refractivity contribution < 1.29 is 9.15 Å². The Morgan fingerprint density at radius 3 is 2.95 bits per heavy atom. The van der Waals surface area contributed by atoms with E-state index in [0.29, 0.717) is 11.9 Å². The third-order valence-corrected chi connectivity index (χ3v) is 4.05. The second-order valence-electron chi connectivity index (χ2n) is 5.50. The number of rotatable bonds is 3. The minimum absolute atomic E-state index is 0.508. The Morgan fingerprint density at radius 1 is 1.25 bits per heavy atom. The van der Waals surface area contributed by atoms with Crippen molar-refractivity contribution >= 4 is 6.01 Å². The van der Waals surface area contributed by atoms with Gasteiger partial charge < -0.3 is 14.1 Å². The minimum Gasteiger partial charge on any atom is -0.497 e. The molecule has 0 radical (unpaired) electrons. The summed E-state index contributed by atoms with van der Waals surface area (Å²) in [5.41, 5.74) is 2.66. The van der Waals surface area contributed by atoms with Crippen molar-refractivity contribution in [3.8, 4) is 5.75 Å². The quantitative estimate of drug-likeness (QED) is 0.858. The van der Waals surface area contributed by atoms with Crippen LogP contribution in [0.4, 0.5) is 6.01 Å².